The van der Waals surface area contributed by atoms with Crippen LogP contribution in [0.2, 0.25) is 0 Å². The topological polar surface area (TPSA) is 17.1 Å². The summed E-state index contributed by atoms with van der Waals surface area (Å²) >= 11 is 0. The minimum atomic E-state index is 0.257. The minimum absolute atomic E-state index is 0.257. The van der Waals surface area contributed by atoms with Gasteiger partial charge in [-0.2, -0.15) is 0 Å². The van der Waals surface area contributed by atoms with Crippen molar-refractivity contribution in [2.24, 2.45) is 0 Å². The zero-order valence-corrected chi connectivity index (χ0v) is 15.3. The van der Waals surface area contributed by atoms with Gasteiger partial charge in [-0.05, 0) is 57.9 Å². The van der Waals surface area contributed by atoms with Crippen LogP contribution >= 0.6 is 0 Å². The Balaban J connectivity index is 1.57. The zero-order chi connectivity index (χ0) is 18.2. The highest BCUT2D eigenvalue weighted by Crippen LogP contribution is 2.40. The minimum Gasteiger partial charge on any atom is -0.294 e. The van der Waals surface area contributed by atoms with Crippen molar-refractivity contribution < 1.29 is 4.79 Å². The molecule has 0 heterocycles. The first-order valence-electron chi connectivity index (χ1n) is 9.83. The van der Waals surface area contributed by atoms with Crippen molar-refractivity contribution in [3.8, 4) is 0 Å². The van der Waals surface area contributed by atoms with Crippen molar-refractivity contribution in [1.29, 1.82) is 0 Å². The lowest BCUT2D eigenvalue weighted by molar-refractivity contribution is 0.0971. The number of rotatable bonds is 3. The first kappa shape index (κ1) is 16.3. The normalized spacial score (nSPS) is 16.4. The summed E-state index contributed by atoms with van der Waals surface area (Å²) in [6, 6.07) is 27.4. The molecule has 4 aromatic rings. The number of hydrogen-bond donors (Lipinski definition) is 0. The summed E-state index contributed by atoms with van der Waals surface area (Å²) in [4.78, 5) is 12.8. The standard InChI is InChI=1S/C26H22O/c27-26(19-8-2-1-3-9-19)17-20-10-6-12-23-22(20)15-16-24-21-11-5-4-7-18(21)13-14-25(23)24/h1-5,7-9,11,13-16,20H,6,10,12,17H2. The van der Waals surface area contributed by atoms with Gasteiger partial charge in [-0.15, -0.1) is 0 Å². The van der Waals surface area contributed by atoms with Gasteiger partial charge >= 0.3 is 0 Å². The van der Waals surface area contributed by atoms with E-state index in [1.54, 1.807) is 0 Å². The van der Waals surface area contributed by atoms with Crippen LogP contribution in [0.4, 0.5) is 0 Å². The Morgan fingerprint density at radius 3 is 2.44 bits per heavy atom. The van der Waals surface area contributed by atoms with Crippen LogP contribution in [-0.4, -0.2) is 5.78 Å². The Morgan fingerprint density at radius 1 is 0.778 bits per heavy atom. The number of carbonyl (C=O) groups excluding carboxylic acids is 1. The van der Waals surface area contributed by atoms with Crippen molar-refractivity contribution in [3.63, 3.8) is 0 Å². The van der Waals surface area contributed by atoms with Crippen LogP contribution in [0, 0.1) is 0 Å². The van der Waals surface area contributed by atoms with Crippen LogP contribution in [0.3, 0.4) is 0 Å². The molecule has 0 aliphatic heterocycles. The third-order valence-corrected chi connectivity index (χ3v) is 6.02. The molecule has 1 aliphatic rings. The summed E-state index contributed by atoms with van der Waals surface area (Å²) in [5.74, 6) is 0.587. The van der Waals surface area contributed by atoms with Gasteiger partial charge in [0, 0.05) is 12.0 Å². The molecule has 0 N–H and O–H groups in total. The van der Waals surface area contributed by atoms with Crippen LogP contribution in [0.5, 0.6) is 0 Å². The van der Waals surface area contributed by atoms with Crippen LogP contribution in [0.25, 0.3) is 21.5 Å². The van der Waals surface area contributed by atoms with E-state index in [2.05, 4.69) is 48.5 Å². The third kappa shape index (κ3) is 2.84. The number of aryl methyl sites for hydroxylation is 1. The molecule has 0 bridgehead atoms. The van der Waals surface area contributed by atoms with Crippen LogP contribution in [0.15, 0.2) is 78.9 Å². The van der Waals surface area contributed by atoms with Gasteiger partial charge in [0.15, 0.2) is 5.78 Å². The molecule has 1 nitrogen and oxygen atoms in total. The van der Waals surface area contributed by atoms with Gasteiger partial charge in [-0.3, -0.25) is 4.79 Å². The maximum atomic E-state index is 12.8. The van der Waals surface area contributed by atoms with E-state index in [-0.39, 0.29) is 5.78 Å². The Morgan fingerprint density at radius 2 is 1.56 bits per heavy atom. The molecule has 132 valence electrons. The highest BCUT2D eigenvalue weighted by atomic mass is 16.1. The molecule has 0 fully saturated rings. The molecule has 0 aromatic heterocycles. The lowest BCUT2D eigenvalue weighted by Crippen LogP contribution is -2.14. The van der Waals surface area contributed by atoms with Gasteiger partial charge in [-0.1, -0.05) is 78.9 Å². The predicted octanol–water partition coefficient (Wildman–Crippen LogP) is 6.69. The quantitative estimate of drug-likeness (QED) is 0.297. The second-order valence-corrected chi connectivity index (χ2v) is 7.60. The number of Topliss-reactive ketones (excluding diaryl/α,β-unsaturated/α-hetero) is 1. The van der Waals surface area contributed by atoms with E-state index in [9.17, 15) is 4.79 Å². The molecule has 0 radical (unpaired) electrons. The molecule has 1 aliphatic carbocycles. The van der Waals surface area contributed by atoms with Crippen molar-refractivity contribution >= 4 is 27.3 Å². The molecule has 1 heteroatoms. The van der Waals surface area contributed by atoms with Crippen molar-refractivity contribution in [2.45, 2.75) is 31.6 Å². The Kier molecular flexibility index (Phi) is 4.01. The lowest BCUT2D eigenvalue weighted by Gasteiger charge is -2.27. The molecule has 0 saturated heterocycles. The Bertz CT molecular complexity index is 1140. The van der Waals surface area contributed by atoms with Crippen LogP contribution < -0.4 is 0 Å². The summed E-state index contributed by atoms with van der Waals surface area (Å²) in [7, 11) is 0. The third-order valence-electron chi connectivity index (χ3n) is 6.02. The Hall–Kier alpha value is -2.93. The van der Waals surface area contributed by atoms with Crippen LogP contribution in [-0.2, 0) is 6.42 Å². The van der Waals surface area contributed by atoms with Crippen LogP contribution in [0.1, 0.15) is 46.7 Å². The molecule has 1 atom stereocenters. The largest absolute Gasteiger partial charge is 0.294 e. The van der Waals surface area contributed by atoms with Gasteiger partial charge in [0.2, 0.25) is 0 Å². The molecule has 1 unspecified atom stereocenters. The molecule has 4 aromatic carbocycles. The van der Waals surface area contributed by atoms with Gasteiger partial charge in [0.1, 0.15) is 0 Å². The smallest absolute Gasteiger partial charge is 0.163 e. The zero-order valence-electron chi connectivity index (χ0n) is 15.3. The molecular formula is C26H22O. The average Bonchev–Trinajstić information content (AvgIpc) is 2.74. The van der Waals surface area contributed by atoms with Crippen molar-refractivity contribution in [1.82, 2.24) is 0 Å². The van der Waals surface area contributed by atoms with Crippen molar-refractivity contribution in [2.75, 3.05) is 0 Å². The number of ketones is 1. The van der Waals surface area contributed by atoms with Gasteiger partial charge in [0.05, 0.1) is 0 Å². The fourth-order valence-corrected chi connectivity index (χ4v) is 4.69. The van der Waals surface area contributed by atoms with Gasteiger partial charge in [-0.25, -0.2) is 0 Å². The highest BCUT2D eigenvalue weighted by Gasteiger charge is 2.24. The molecule has 0 spiro atoms. The molecular weight excluding hydrogens is 328 g/mol. The van der Waals surface area contributed by atoms with E-state index >= 15 is 0 Å². The predicted molar refractivity (Wildman–Crippen MR) is 113 cm³/mol. The molecule has 0 amide bonds. The molecule has 0 saturated carbocycles. The van der Waals surface area contributed by atoms with E-state index < -0.39 is 0 Å². The van der Waals surface area contributed by atoms with E-state index in [0.717, 1.165) is 24.8 Å². The maximum Gasteiger partial charge on any atom is 0.163 e. The summed E-state index contributed by atoms with van der Waals surface area (Å²) in [6.45, 7) is 0. The second-order valence-electron chi connectivity index (χ2n) is 7.60. The molecule has 5 rings (SSSR count). The fourth-order valence-electron chi connectivity index (χ4n) is 4.69. The number of carbonyl (C=O) groups is 1. The fraction of sp³-hybridized carbons (Fsp3) is 0.192. The summed E-state index contributed by atoms with van der Waals surface area (Å²) in [5, 5.41) is 5.31. The summed E-state index contributed by atoms with van der Waals surface area (Å²) in [6.07, 6.45) is 3.98. The van der Waals surface area contributed by atoms with E-state index in [0.29, 0.717) is 12.3 Å². The number of benzene rings is 4. The first-order valence-corrected chi connectivity index (χ1v) is 9.83. The monoisotopic (exact) mass is 350 g/mol. The van der Waals surface area contributed by atoms with E-state index in [4.69, 9.17) is 0 Å². The van der Waals surface area contributed by atoms with E-state index in [1.165, 1.54) is 32.7 Å². The average molecular weight is 350 g/mol. The number of hydrogen-bond acceptors (Lipinski definition) is 1. The van der Waals surface area contributed by atoms with Gasteiger partial charge < -0.3 is 0 Å². The van der Waals surface area contributed by atoms with Gasteiger partial charge in [0.25, 0.3) is 0 Å². The lowest BCUT2D eigenvalue weighted by atomic mass is 9.77. The SMILES string of the molecule is O=C(CC1CCCc2c1ccc1c2ccc2ccccc21)c1ccccc1. The van der Waals surface area contributed by atoms with Crippen molar-refractivity contribution in [3.05, 3.63) is 95.6 Å². The maximum absolute atomic E-state index is 12.8. The second kappa shape index (κ2) is 6.66. The summed E-state index contributed by atoms with van der Waals surface area (Å²) in [5.41, 5.74) is 3.67. The first-order chi connectivity index (χ1) is 13.3. The van der Waals surface area contributed by atoms with E-state index in [1.807, 2.05) is 30.3 Å². The molecule has 27 heavy (non-hydrogen) atoms. The Labute approximate surface area is 159 Å². The highest BCUT2D eigenvalue weighted by molar-refractivity contribution is 6.09. The summed E-state index contributed by atoms with van der Waals surface area (Å²) < 4.78 is 0. The number of fused-ring (bicyclic) bond motifs is 5.